The van der Waals surface area contributed by atoms with Gasteiger partial charge < -0.3 is 16.0 Å². The van der Waals surface area contributed by atoms with Crippen LogP contribution < -0.4 is 16.0 Å². The minimum absolute atomic E-state index is 0. The average molecular weight is 372 g/mol. The monoisotopic (exact) mass is 371 g/mol. The van der Waals surface area contributed by atoms with Crippen molar-refractivity contribution in [2.45, 2.75) is 44.2 Å². The molecule has 1 aromatic rings. The molecule has 3 unspecified atom stereocenters. The van der Waals surface area contributed by atoms with Gasteiger partial charge in [-0.2, -0.15) is 0 Å². The molecule has 2 amide bonds. The molecule has 1 heterocycles. The Labute approximate surface area is 153 Å². The van der Waals surface area contributed by atoms with E-state index < -0.39 is 6.04 Å². The lowest BCUT2D eigenvalue weighted by atomic mass is 9.85. The molecule has 5 nitrogen and oxygen atoms in total. The predicted molar refractivity (Wildman–Crippen MR) is 97.5 cm³/mol. The molecular weight excluding hydrogens is 349 g/mol. The summed E-state index contributed by atoms with van der Waals surface area (Å²) in [6.45, 7) is 0.592. The Morgan fingerprint density at radius 1 is 1.29 bits per heavy atom. The van der Waals surface area contributed by atoms with Gasteiger partial charge in [0.2, 0.25) is 11.8 Å². The van der Waals surface area contributed by atoms with Crippen molar-refractivity contribution in [3.63, 3.8) is 0 Å². The molecule has 0 bridgehead atoms. The molecule has 1 aliphatic heterocycles. The van der Waals surface area contributed by atoms with Crippen molar-refractivity contribution >= 4 is 41.5 Å². The quantitative estimate of drug-likeness (QED) is 0.856. The molecule has 1 aromatic carbocycles. The number of anilines is 1. The van der Waals surface area contributed by atoms with E-state index in [9.17, 15) is 9.59 Å². The van der Waals surface area contributed by atoms with E-state index in [1.54, 1.807) is 17.0 Å². The molecule has 24 heavy (non-hydrogen) atoms. The normalized spacial score (nSPS) is 26.8. The molecule has 2 aliphatic rings. The minimum atomic E-state index is -0.445. The second kappa shape index (κ2) is 8.19. The van der Waals surface area contributed by atoms with Gasteiger partial charge in [0.1, 0.15) is 6.04 Å². The van der Waals surface area contributed by atoms with Crippen LogP contribution in [0.3, 0.4) is 0 Å². The third-order valence-corrected chi connectivity index (χ3v) is 4.96. The van der Waals surface area contributed by atoms with Gasteiger partial charge in [-0.05, 0) is 43.9 Å². The SMILES string of the molecule is Cl.NC1CCCC(C(=O)NC2CCN(c3cccc(Cl)c3)C2=O)C1. The highest BCUT2D eigenvalue weighted by molar-refractivity contribution is 6.31. The maximum Gasteiger partial charge on any atom is 0.249 e. The van der Waals surface area contributed by atoms with Crippen molar-refractivity contribution in [3.8, 4) is 0 Å². The van der Waals surface area contributed by atoms with Crippen LogP contribution in [0.2, 0.25) is 5.02 Å². The zero-order valence-electron chi connectivity index (χ0n) is 13.4. The standard InChI is InChI=1S/C17H22ClN3O2.ClH/c18-12-4-2-6-14(10-12)21-8-7-15(17(21)23)20-16(22)11-3-1-5-13(19)9-11;/h2,4,6,10-11,13,15H,1,3,5,7-9,19H2,(H,20,22);1H. The summed E-state index contributed by atoms with van der Waals surface area (Å²) in [4.78, 5) is 26.6. The molecule has 132 valence electrons. The van der Waals surface area contributed by atoms with Crippen molar-refractivity contribution < 1.29 is 9.59 Å². The number of hydrogen-bond acceptors (Lipinski definition) is 3. The topological polar surface area (TPSA) is 75.4 Å². The fraction of sp³-hybridized carbons (Fsp3) is 0.529. The van der Waals surface area contributed by atoms with Crippen LogP contribution in [0.5, 0.6) is 0 Å². The summed E-state index contributed by atoms with van der Waals surface area (Å²) in [5.74, 6) is -0.168. The molecule has 0 aromatic heterocycles. The molecule has 0 spiro atoms. The van der Waals surface area contributed by atoms with Gasteiger partial charge in [0.05, 0.1) is 0 Å². The van der Waals surface area contributed by atoms with E-state index in [-0.39, 0.29) is 36.2 Å². The first kappa shape index (κ1) is 19.0. The Morgan fingerprint density at radius 3 is 2.79 bits per heavy atom. The maximum atomic E-state index is 12.5. The van der Waals surface area contributed by atoms with E-state index in [0.29, 0.717) is 24.4 Å². The summed E-state index contributed by atoms with van der Waals surface area (Å²) in [6.07, 6.45) is 4.15. The fourth-order valence-corrected chi connectivity index (χ4v) is 3.65. The minimum Gasteiger partial charge on any atom is -0.344 e. The smallest absolute Gasteiger partial charge is 0.249 e. The highest BCUT2D eigenvalue weighted by Gasteiger charge is 2.35. The van der Waals surface area contributed by atoms with Crippen LogP contribution in [0.1, 0.15) is 32.1 Å². The van der Waals surface area contributed by atoms with Crippen LogP contribution in [0.25, 0.3) is 0 Å². The summed E-state index contributed by atoms with van der Waals surface area (Å²) in [7, 11) is 0. The van der Waals surface area contributed by atoms with E-state index in [2.05, 4.69) is 5.32 Å². The Hall–Kier alpha value is -1.30. The van der Waals surface area contributed by atoms with Gasteiger partial charge in [-0.3, -0.25) is 9.59 Å². The number of carbonyl (C=O) groups excluding carboxylic acids is 2. The summed E-state index contributed by atoms with van der Waals surface area (Å²) >= 11 is 5.99. The molecule has 1 saturated heterocycles. The molecule has 7 heteroatoms. The van der Waals surface area contributed by atoms with E-state index in [4.69, 9.17) is 17.3 Å². The van der Waals surface area contributed by atoms with Crippen molar-refractivity contribution in [2.75, 3.05) is 11.4 Å². The Bertz CT molecular complexity index is 611. The van der Waals surface area contributed by atoms with Crippen LogP contribution >= 0.6 is 24.0 Å². The van der Waals surface area contributed by atoms with Crippen LogP contribution in [-0.2, 0) is 9.59 Å². The van der Waals surface area contributed by atoms with Gasteiger partial charge >= 0.3 is 0 Å². The zero-order valence-corrected chi connectivity index (χ0v) is 15.0. The summed E-state index contributed by atoms with van der Waals surface area (Å²) in [5.41, 5.74) is 6.72. The number of benzene rings is 1. The number of nitrogens with zero attached hydrogens (tertiary/aromatic N) is 1. The molecular formula is C17H23Cl2N3O2. The predicted octanol–water partition coefficient (Wildman–Crippen LogP) is 2.50. The summed E-state index contributed by atoms with van der Waals surface area (Å²) in [6, 6.07) is 6.87. The van der Waals surface area contributed by atoms with Crippen molar-refractivity contribution in [3.05, 3.63) is 29.3 Å². The first-order valence-electron chi connectivity index (χ1n) is 8.17. The summed E-state index contributed by atoms with van der Waals surface area (Å²) < 4.78 is 0. The van der Waals surface area contributed by atoms with Gasteiger partial charge in [0.25, 0.3) is 0 Å². The third-order valence-electron chi connectivity index (χ3n) is 4.73. The Morgan fingerprint density at radius 2 is 2.08 bits per heavy atom. The lowest BCUT2D eigenvalue weighted by Crippen LogP contribution is -2.45. The number of nitrogens with one attached hydrogen (secondary N) is 1. The van der Waals surface area contributed by atoms with E-state index in [1.807, 2.05) is 12.1 Å². The van der Waals surface area contributed by atoms with E-state index in [1.165, 1.54) is 0 Å². The molecule has 2 fully saturated rings. The first-order valence-corrected chi connectivity index (χ1v) is 8.55. The van der Waals surface area contributed by atoms with Crippen LogP contribution in [0, 0.1) is 5.92 Å². The van der Waals surface area contributed by atoms with Gasteiger partial charge in [0, 0.05) is 29.2 Å². The average Bonchev–Trinajstić information content (AvgIpc) is 2.88. The lowest BCUT2D eigenvalue weighted by Gasteiger charge is -2.26. The van der Waals surface area contributed by atoms with Crippen LogP contribution in [0.15, 0.2) is 24.3 Å². The molecule has 0 radical (unpaired) electrons. The third kappa shape index (κ3) is 4.21. The number of hydrogen-bond donors (Lipinski definition) is 2. The number of rotatable bonds is 3. The number of carbonyl (C=O) groups is 2. The largest absolute Gasteiger partial charge is 0.344 e. The Balaban J connectivity index is 0.00000208. The van der Waals surface area contributed by atoms with Gasteiger partial charge in [0.15, 0.2) is 0 Å². The molecule has 1 aliphatic carbocycles. The highest BCUT2D eigenvalue weighted by atomic mass is 35.5. The number of halogens is 2. The molecule has 1 saturated carbocycles. The second-order valence-corrected chi connectivity index (χ2v) is 6.88. The van der Waals surface area contributed by atoms with Crippen molar-refractivity contribution in [1.82, 2.24) is 5.32 Å². The van der Waals surface area contributed by atoms with Crippen LogP contribution in [0.4, 0.5) is 5.69 Å². The molecule has 3 rings (SSSR count). The Kier molecular flexibility index (Phi) is 6.49. The number of nitrogens with two attached hydrogens (primary N) is 1. The zero-order chi connectivity index (χ0) is 16.4. The van der Waals surface area contributed by atoms with E-state index in [0.717, 1.165) is 24.9 Å². The first-order chi connectivity index (χ1) is 11.0. The lowest BCUT2D eigenvalue weighted by molar-refractivity contribution is -0.130. The van der Waals surface area contributed by atoms with Gasteiger partial charge in [-0.15, -0.1) is 12.4 Å². The van der Waals surface area contributed by atoms with Crippen molar-refractivity contribution in [2.24, 2.45) is 11.7 Å². The fourth-order valence-electron chi connectivity index (χ4n) is 3.47. The maximum absolute atomic E-state index is 12.5. The van der Waals surface area contributed by atoms with Gasteiger partial charge in [-0.25, -0.2) is 0 Å². The highest BCUT2D eigenvalue weighted by Crippen LogP contribution is 2.26. The number of amides is 2. The summed E-state index contributed by atoms with van der Waals surface area (Å²) in [5, 5.41) is 3.51. The van der Waals surface area contributed by atoms with E-state index >= 15 is 0 Å². The molecule has 3 atom stereocenters. The van der Waals surface area contributed by atoms with Crippen LogP contribution in [-0.4, -0.2) is 30.4 Å². The van der Waals surface area contributed by atoms with Crippen molar-refractivity contribution in [1.29, 1.82) is 0 Å². The second-order valence-electron chi connectivity index (χ2n) is 6.44. The van der Waals surface area contributed by atoms with Gasteiger partial charge in [-0.1, -0.05) is 24.1 Å². The molecule has 3 N–H and O–H groups in total.